The Hall–Kier alpha value is -3.02. The van der Waals surface area contributed by atoms with Gasteiger partial charge in [0.15, 0.2) is 5.16 Å². The zero-order valence-corrected chi connectivity index (χ0v) is 20.0. The first-order chi connectivity index (χ1) is 16.0. The van der Waals surface area contributed by atoms with Gasteiger partial charge in [0.25, 0.3) is 5.56 Å². The van der Waals surface area contributed by atoms with Crippen molar-refractivity contribution in [2.45, 2.75) is 31.5 Å². The topological polar surface area (TPSA) is 112 Å². The van der Waals surface area contributed by atoms with E-state index in [-0.39, 0.29) is 29.2 Å². The predicted octanol–water partition coefficient (Wildman–Crippen LogP) is 4.01. The molecular weight excluding hydrogens is 462 g/mol. The van der Waals surface area contributed by atoms with Crippen LogP contribution in [0.25, 0.3) is 20.7 Å². The normalized spacial score (nSPS) is 11.4. The summed E-state index contributed by atoms with van der Waals surface area (Å²) in [6, 6.07) is 11.8. The number of benzene rings is 1. The van der Waals surface area contributed by atoms with Gasteiger partial charge in [-0.15, -0.1) is 16.4 Å². The van der Waals surface area contributed by atoms with Crippen LogP contribution < -0.4 is 10.9 Å². The van der Waals surface area contributed by atoms with Crippen LogP contribution in [-0.4, -0.2) is 45.1 Å². The van der Waals surface area contributed by atoms with Gasteiger partial charge in [-0.1, -0.05) is 61.0 Å². The van der Waals surface area contributed by atoms with Gasteiger partial charge in [0, 0.05) is 17.9 Å². The van der Waals surface area contributed by atoms with Crippen molar-refractivity contribution in [3.63, 3.8) is 0 Å². The second-order valence-corrected chi connectivity index (χ2v) is 9.45. The van der Waals surface area contributed by atoms with Crippen LogP contribution in [0, 0.1) is 0 Å². The molecule has 4 rings (SSSR count). The average Bonchev–Trinajstić information content (AvgIpc) is 3.45. The summed E-state index contributed by atoms with van der Waals surface area (Å²) in [6.07, 6.45) is 0. The zero-order valence-electron chi connectivity index (χ0n) is 18.4. The molecule has 3 heterocycles. The molecule has 11 heteroatoms. The maximum atomic E-state index is 13.2. The molecule has 0 radical (unpaired) electrons. The molecule has 0 unspecified atom stereocenters. The minimum atomic E-state index is -0.331. The monoisotopic (exact) mass is 485 g/mol. The smallest absolute Gasteiger partial charge is 0.322 e. The Morgan fingerprint density at radius 3 is 2.76 bits per heavy atom. The molecule has 0 spiro atoms. The number of aromatic nitrogens is 4. The number of hydrogen-bond acceptors (Lipinski definition) is 9. The van der Waals surface area contributed by atoms with Crippen molar-refractivity contribution < 1.29 is 13.9 Å². The van der Waals surface area contributed by atoms with Crippen LogP contribution in [0.1, 0.15) is 25.7 Å². The first-order valence-electron chi connectivity index (χ1n) is 10.3. The Labute approximate surface area is 198 Å². The van der Waals surface area contributed by atoms with E-state index in [0.29, 0.717) is 34.4 Å². The number of nitrogens with zero attached hydrogens (tertiary/aromatic N) is 4. The molecule has 1 aromatic carbocycles. The fourth-order valence-electron chi connectivity index (χ4n) is 3.04. The molecule has 0 saturated heterocycles. The number of thioether (sulfide) groups is 1. The molecule has 9 nitrogen and oxygen atoms in total. The number of hydrogen-bond donors (Lipinski definition) is 1. The minimum absolute atomic E-state index is 0.0290. The van der Waals surface area contributed by atoms with Crippen molar-refractivity contribution in [3.8, 4) is 10.4 Å². The van der Waals surface area contributed by atoms with Crippen molar-refractivity contribution in [2.24, 2.45) is 0 Å². The molecule has 1 amide bonds. The molecule has 172 valence electrons. The highest BCUT2D eigenvalue weighted by Gasteiger charge is 2.17. The van der Waals surface area contributed by atoms with E-state index < -0.39 is 0 Å². The molecule has 0 fully saturated rings. The lowest BCUT2D eigenvalue weighted by Gasteiger charge is -2.11. The summed E-state index contributed by atoms with van der Waals surface area (Å²) in [7, 11) is 1.57. The van der Waals surface area contributed by atoms with Gasteiger partial charge in [-0.3, -0.25) is 19.5 Å². The van der Waals surface area contributed by atoms with Crippen LogP contribution in [0.15, 0.2) is 50.8 Å². The summed E-state index contributed by atoms with van der Waals surface area (Å²) in [5, 5.41) is 11.3. The summed E-state index contributed by atoms with van der Waals surface area (Å²) in [4.78, 5) is 32.0. The standard InChI is InChI=1S/C22H23N5O4S2/c1-13(2)18-25-26-21(31-18)23-17(28)12-32-22-24-19-15(20(29)27(22)9-10-30-3)11-16(33-19)14-7-5-4-6-8-14/h4-8,11,13H,9-10,12H2,1-3H3,(H,23,26,28). The summed E-state index contributed by atoms with van der Waals surface area (Å²) >= 11 is 2.62. The molecule has 0 aliphatic carbocycles. The van der Waals surface area contributed by atoms with Gasteiger partial charge in [-0.2, -0.15) is 0 Å². The number of rotatable bonds is 9. The van der Waals surface area contributed by atoms with E-state index in [1.807, 2.05) is 50.2 Å². The quantitative estimate of drug-likeness (QED) is 0.280. The van der Waals surface area contributed by atoms with E-state index in [2.05, 4.69) is 15.5 Å². The van der Waals surface area contributed by atoms with E-state index in [0.717, 1.165) is 10.4 Å². The molecular formula is C22H23N5O4S2. The van der Waals surface area contributed by atoms with Crippen molar-refractivity contribution in [2.75, 3.05) is 24.8 Å². The van der Waals surface area contributed by atoms with Gasteiger partial charge in [0.2, 0.25) is 11.8 Å². The third-order valence-electron chi connectivity index (χ3n) is 4.71. The lowest BCUT2D eigenvalue weighted by atomic mass is 10.2. The Bertz CT molecular complexity index is 1310. The third-order valence-corrected chi connectivity index (χ3v) is 6.76. The number of anilines is 1. The van der Waals surface area contributed by atoms with E-state index in [1.165, 1.54) is 23.1 Å². The van der Waals surface area contributed by atoms with Crippen LogP contribution in [0.4, 0.5) is 6.01 Å². The molecule has 4 aromatic rings. The van der Waals surface area contributed by atoms with Crippen LogP contribution in [0.5, 0.6) is 0 Å². The van der Waals surface area contributed by atoms with E-state index in [4.69, 9.17) is 14.1 Å². The molecule has 3 aromatic heterocycles. The largest absolute Gasteiger partial charge is 0.408 e. The molecule has 1 N–H and O–H groups in total. The number of carbonyl (C=O) groups is 1. The fourth-order valence-corrected chi connectivity index (χ4v) is 4.94. The number of methoxy groups -OCH3 is 1. The Morgan fingerprint density at radius 2 is 2.06 bits per heavy atom. The number of thiophene rings is 1. The molecule has 0 aliphatic heterocycles. The number of fused-ring (bicyclic) bond motifs is 1. The van der Waals surface area contributed by atoms with Gasteiger partial charge >= 0.3 is 6.01 Å². The lowest BCUT2D eigenvalue weighted by Crippen LogP contribution is -2.25. The molecule has 0 aliphatic rings. The summed E-state index contributed by atoms with van der Waals surface area (Å²) in [5.41, 5.74) is 0.870. The van der Waals surface area contributed by atoms with E-state index in [1.54, 1.807) is 11.7 Å². The molecule has 0 saturated carbocycles. The minimum Gasteiger partial charge on any atom is -0.408 e. The number of amides is 1. The van der Waals surface area contributed by atoms with Crippen LogP contribution in [0.2, 0.25) is 0 Å². The third kappa shape index (κ3) is 5.32. The number of ether oxygens (including phenoxy) is 1. The van der Waals surface area contributed by atoms with Gasteiger partial charge in [-0.25, -0.2) is 4.98 Å². The Kier molecular flexibility index (Phi) is 7.21. The maximum absolute atomic E-state index is 13.2. The summed E-state index contributed by atoms with van der Waals surface area (Å²) < 4.78 is 12.1. The van der Waals surface area contributed by atoms with Crippen LogP contribution in [0.3, 0.4) is 0 Å². The van der Waals surface area contributed by atoms with Crippen molar-refractivity contribution in [1.82, 2.24) is 19.7 Å². The molecule has 0 atom stereocenters. The number of carbonyl (C=O) groups excluding carboxylic acids is 1. The zero-order chi connectivity index (χ0) is 23.4. The highest BCUT2D eigenvalue weighted by Crippen LogP contribution is 2.32. The van der Waals surface area contributed by atoms with Crippen LogP contribution >= 0.6 is 23.1 Å². The SMILES string of the molecule is COCCn1c(SCC(=O)Nc2nnc(C(C)C)o2)nc2sc(-c3ccccc3)cc2c1=O. The van der Waals surface area contributed by atoms with Crippen LogP contribution in [-0.2, 0) is 16.1 Å². The Morgan fingerprint density at radius 1 is 1.27 bits per heavy atom. The maximum Gasteiger partial charge on any atom is 0.322 e. The average molecular weight is 486 g/mol. The fraction of sp³-hybridized carbons (Fsp3) is 0.318. The van der Waals surface area contributed by atoms with Crippen molar-refractivity contribution >= 4 is 45.2 Å². The first-order valence-corrected chi connectivity index (χ1v) is 12.1. The number of nitrogens with one attached hydrogen (secondary N) is 1. The molecule has 0 bridgehead atoms. The van der Waals surface area contributed by atoms with Gasteiger partial charge in [0.1, 0.15) is 4.83 Å². The second-order valence-electron chi connectivity index (χ2n) is 7.48. The highest BCUT2D eigenvalue weighted by atomic mass is 32.2. The summed E-state index contributed by atoms with van der Waals surface area (Å²) in [6.45, 7) is 4.52. The highest BCUT2D eigenvalue weighted by molar-refractivity contribution is 7.99. The van der Waals surface area contributed by atoms with E-state index >= 15 is 0 Å². The second kappa shape index (κ2) is 10.3. The van der Waals surface area contributed by atoms with Gasteiger partial charge in [0.05, 0.1) is 24.3 Å². The summed E-state index contributed by atoms with van der Waals surface area (Å²) in [5.74, 6) is 0.213. The lowest BCUT2D eigenvalue weighted by molar-refractivity contribution is -0.113. The van der Waals surface area contributed by atoms with Gasteiger partial charge < -0.3 is 9.15 Å². The predicted molar refractivity (Wildman–Crippen MR) is 129 cm³/mol. The molecule has 33 heavy (non-hydrogen) atoms. The van der Waals surface area contributed by atoms with Gasteiger partial charge in [-0.05, 0) is 11.6 Å². The first kappa shape index (κ1) is 23.1. The van der Waals surface area contributed by atoms with E-state index in [9.17, 15) is 9.59 Å². The Balaban J connectivity index is 1.58. The van der Waals surface area contributed by atoms with Crippen molar-refractivity contribution in [1.29, 1.82) is 0 Å². The van der Waals surface area contributed by atoms with Crippen molar-refractivity contribution in [3.05, 3.63) is 52.6 Å².